The van der Waals surface area contributed by atoms with E-state index in [9.17, 15) is 4.79 Å². The number of nitrogens with zero attached hydrogens (tertiary/aromatic N) is 4. The second-order valence-corrected chi connectivity index (χ2v) is 4.57. The lowest BCUT2D eigenvalue weighted by Crippen LogP contribution is -2.30. The first-order chi connectivity index (χ1) is 9.74. The van der Waals surface area contributed by atoms with E-state index >= 15 is 0 Å². The maximum Gasteiger partial charge on any atom is 0.220 e. The molecule has 108 valence electrons. The van der Waals surface area contributed by atoms with Crippen molar-refractivity contribution >= 4 is 5.91 Å². The molecule has 0 aliphatic heterocycles. The summed E-state index contributed by atoms with van der Waals surface area (Å²) < 4.78 is 1.81. The van der Waals surface area contributed by atoms with Gasteiger partial charge in [0.15, 0.2) is 0 Å². The molecule has 0 aliphatic carbocycles. The fourth-order valence-electron chi connectivity index (χ4n) is 2.07. The predicted octanol–water partition coefficient (Wildman–Crippen LogP) is 1.22. The maximum atomic E-state index is 12.0. The highest BCUT2D eigenvalue weighted by Crippen LogP contribution is 2.14. The summed E-state index contributed by atoms with van der Waals surface area (Å²) in [5.41, 5.74) is 1.03. The van der Waals surface area contributed by atoms with Crippen molar-refractivity contribution < 1.29 is 4.79 Å². The van der Waals surface area contributed by atoms with Crippen molar-refractivity contribution in [3.63, 3.8) is 0 Å². The molecule has 0 fully saturated rings. The third-order valence-electron chi connectivity index (χ3n) is 3.20. The van der Waals surface area contributed by atoms with E-state index in [1.807, 2.05) is 18.5 Å². The average Bonchev–Trinajstić information content (AvgIpc) is 3.13. The quantitative estimate of drug-likeness (QED) is 0.796. The summed E-state index contributed by atoms with van der Waals surface area (Å²) in [6, 6.07) is -0.0886. The van der Waals surface area contributed by atoms with Gasteiger partial charge >= 0.3 is 0 Å². The Labute approximate surface area is 117 Å². The largest absolute Gasteiger partial charge is 0.346 e. The molecule has 0 saturated carbocycles. The van der Waals surface area contributed by atoms with Crippen molar-refractivity contribution in [3.8, 4) is 0 Å². The van der Waals surface area contributed by atoms with Crippen LogP contribution in [0, 0.1) is 0 Å². The van der Waals surface area contributed by atoms with Crippen molar-refractivity contribution in [1.82, 2.24) is 30.3 Å². The fourth-order valence-corrected chi connectivity index (χ4v) is 2.07. The van der Waals surface area contributed by atoms with Crippen LogP contribution < -0.4 is 5.32 Å². The summed E-state index contributed by atoms with van der Waals surface area (Å²) in [6.07, 6.45) is 6.97. The number of amides is 1. The molecule has 0 aliphatic rings. The Morgan fingerprint density at radius 3 is 3.00 bits per heavy atom. The van der Waals surface area contributed by atoms with Gasteiger partial charge in [0.2, 0.25) is 5.91 Å². The highest BCUT2D eigenvalue weighted by atomic mass is 16.1. The normalized spacial score (nSPS) is 12.3. The van der Waals surface area contributed by atoms with E-state index < -0.39 is 0 Å². The van der Waals surface area contributed by atoms with Crippen LogP contribution in [0.2, 0.25) is 0 Å². The van der Waals surface area contributed by atoms with Crippen molar-refractivity contribution in [3.05, 3.63) is 30.1 Å². The highest BCUT2D eigenvalue weighted by Gasteiger charge is 2.17. The Hall–Kier alpha value is -2.18. The smallest absolute Gasteiger partial charge is 0.220 e. The highest BCUT2D eigenvalue weighted by molar-refractivity contribution is 5.76. The molecule has 2 aromatic rings. The van der Waals surface area contributed by atoms with E-state index in [-0.39, 0.29) is 11.9 Å². The number of aromatic nitrogens is 5. The molecule has 0 unspecified atom stereocenters. The minimum Gasteiger partial charge on any atom is -0.346 e. The SMILES string of the molecule is CC[C@@H](NC(=O)CCc1cn[nH]c1)c1ncnn1CC. The van der Waals surface area contributed by atoms with E-state index in [2.05, 4.69) is 25.6 Å². The summed E-state index contributed by atoms with van der Waals surface area (Å²) in [6.45, 7) is 4.78. The monoisotopic (exact) mass is 276 g/mol. The number of H-pyrrole nitrogens is 1. The van der Waals surface area contributed by atoms with Crippen LogP contribution in [-0.4, -0.2) is 30.9 Å². The molecule has 2 rings (SSSR count). The minimum atomic E-state index is -0.0886. The van der Waals surface area contributed by atoms with Gasteiger partial charge in [0, 0.05) is 19.2 Å². The Bertz CT molecular complexity index is 533. The molecule has 7 heteroatoms. The number of nitrogens with one attached hydrogen (secondary N) is 2. The molecular formula is C13H20N6O. The molecule has 0 saturated heterocycles. The summed E-state index contributed by atoms with van der Waals surface area (Å²) in [4.78, 5) is 16.2. The zero-order valence-corrected chi connectivity index (χ0v) is 11.8. The lowest BCUT2D eigenvalue weighted by Gasteiger charge is -2.16. The van der Waals surface area contributed by atoms with Gasteiger partial charge in [-0.25, -0.2) is 9.67 Å². The van der Waals surface area contributed by atoms with Crippen LogP contribution in [-0.2, 0) is 17.8 Å². The van der Waals surface area contributed by atoms with Crippen molar-refractivity contribution in [2.75, 3.05) is 0 Å². The van der Waals surface area contributed by atoms with Crippen LogP contribution >= 0.6 is 0 Å². The maximum absolute atomic E-state index is 12.0. The summed E-state index contributed by atoms with van der Waals surface area (Å²) in [5.74, 6) is 0.829. The Morgan fingerprint density at radius 1 is 1.50 bits per heavy atom. The first-order valence-corrected chi connectivity index (χ1v) is 6.89. The first kappa shape index (κ1) is 14.2. The lowest BCUT2D eigenvalue weighted by atomic mass is 10.1. The van der Waals surface area contributed by atoms with E-state index in [4.69, 9.17) is 0 Å². The third-order valence-corrected chi connectivity index (χ3v) is 3.20. The second kappa shape index (κ2) is 6.83. The van der Waals surface area contributed by atoms with Crippen LogP contribution in [0.5, 0.6) is 0 Å². The lowest BCUT2D eigenvalue weighted by molar-refractivity contribution is -0.121. The molecule has 1 amide bonds. The number of aromatic amines is 1. The van der Waals surface area contributed by atoms with Gasteiger partial charge in [0.1, 0.15) is 12.2 Å². The van der Waals surface area contributed by atoms with Gasteiger partial charge in [-0.2, -0.15) is 10.2 Å². The molecule has 0 bridgehead atoms. The summed E-state index contributed by atoms with van der Waals surface area (Å²) in [7, 11) is 0. The number of aryl methyl sites for hydroxylation is 2. The van der Waals surface area contributed by atoms with Crippen LogP contribution in [0.25, 0.3) is 0 Å². The van der Waals surface area contributed by atoms with Crippen molar-refractivity contribution in [1.29, 1.82) is 0 Å². The van der Waals surface area contributed by atoms with E-state index in [1.165, 1.54) is 6.33 Å². The van der Waals surface area contributed by atoms with E-state index in [0.717, 1.165) is 24.4 Å². The van der Waals surface area contributed by atoms with Gasteiger partial charge in [-0.05, 0) is 25.3 Å². The molecule has 7 nitrogen and oxygen atoms in total. The average molecular weight is 276 g/mol. The number of hydrogen-bond acceptors (Lipinski definition) is 4. The Morgan fingerprint density at radius 2 is 2.35 bits per heavy atom. The third kappa shape index (κ3) is 3.43. The molecular weight excluding hydrogens is 256 g/mol. The van der Waals surface area contributed by atoms with Gasteiger partial charge in [0.25, 0.3) is 0 Å². The fraction of sp³-hybridized carbons (Fsp3) is 0.538. The predicted molar refractivity (Wildman–Crippen MR) is 73.8 cm³/mol. The standard InChI is InChI=1S/C13H20N6O/c1-3-11(13-14-9-17-19(13)4-2)18-12(20)6-5-10-7-15-16-8-10/h7-9,11H,3-6H2,1-2H3,(H,15,16)(H,18,20)/t11-/m1/s1. The van der Waals surface area contributed by atoms with Gasteiger partial charge in [0.05, 0.1) is 12.2 Å². The molecule has 2 heterocycles. The van der Waals surface area contributed by atoms with Crippen LogP contribution in [0.1, 0.15) is 44.1 Å². The summed E-state index contributed by atoms with van der Waals surface area (Å²) >= 11 is 0. The van der Waals surface area contributed by atoms with Gasteiger partial charge < -0.3 is 5.32 Å². The van der Waals surface area contributed by atoms with Crippen molar-refractivity contribution in [2.24, 2.45) is 0 Å². The van der Waals surface area contributed by atoms with Crippen LogP contribution in [0.15, 0.2) is 18.7 Å². The Kier molecular flexibility index (Phi) is 4.86. The van der Waals surface area contributed by atoms with E-state index in [0.29, 0.717) is 12.8 Å². The second-order valence-electron chi connectivity index (χ2n) is 4.57. The minimum absolute atomic E-state index is 0.0173. The van der Waals surface area contributed by atoms with Crippen LogP contribution in [0.3, 0.4) is 0 Å². The molecule has 1 atom stereocenters. The van der Waals surface area contributed by atoms with Crippen molar-refractivity contribution in [2.45, 2.75) is 45.7 Å². The first-order valence-electron chi connectivity index (χ1n) is 6.89. The van der Waals surface area contributed by atoms with Gasteiger partial charge in [-0.15, -0.1) is 0 Å². The number of carbonyl (C=O) groups is 1. The molecule has 0 radical (unpaired) electrons. The van der Waals surface area contributed by atoms with Gasteiger partial charge in [-0.3, -0.25) is 9.89 Å². The van der Waals surface area contributed by atoms with Gasteiger partial charge in [-0.1, -0.05) is 6.92 Å². The zero-order valence-electron chi connectivity index (χ0n) is 11.8. The molecule has 0 aromatic carbocycles. The number of hydrogen-bond donors (Lipinski definition) is 2. The molecule has 2 N–H and O–H groups in total. The molecule has 20 heavy (non-hydrogen) atoms. The molecule has 0 spiro atoms. The Balaban J connectivity index is 1.91. The number of carbonyl (C=O) groups excluding carboxylic acids is 1. The topological polar surface area (TPSA) is 88.5 Å². The summed E-state index contributed by atoms with van der Waals surface area (Å²) in [5, 5.41) is 13.8. The number of rotatable bonds is 7. The van der Waals surface area contributed by atoms with E-state index in [1.54, 1.807) is 12.4 Å². The molecule has 2 aromatic heterocycles. The zero-order chi connectivity index (χ0) is 14.4. The van der Waals surface area contributed by atoms with Crippen LogP contribution in [0.4, 0.5) is 0 Å².